The molecule has 1 aromatic rings. The molecule has 3 heterocycles. The lowest BCUT2D eigenvalue weighted by Crippen LogP contribution is -2.50. The van der Waals surface area contributed by atoms with E-state index in [1.165, 1.54) is 25.7 Å². The van der Waals surface area contributed by atoms with Crippen LogP contribution in [0.5, 0.6) is 0 Å². The third-order valence-electron chi connectivity index (χ3n) is 5.97. The zero-order valence-electron chi connectivity index (χ0n) is 17.1. The normalized spacial score (nSPS) is 20.1. The summed E-state index contributed by atoms with van der Waals surface area (Å²) < 4.78 is 0. The summed E-state index contributed by atoms with van der Waals surface area (Å²) in [7, 11) is 0. The molecule has 2 N–H and O–H groups in total. The first-order chi connectivity index (χ1) is 13.0. The minimum atomic E-state index is -0.139. The van der Waals surface area contributed by atoms with Gasteiger partial charge in [-0.3, -0.25) is 4.90 Å². The molecule has 6 heteroatoms. The van der Waals surface area contributed by atoms with Crippen molar-refractivity contribution >= 4 is 17.5 Å². The average molecular weight is 374 g/mol. The highest BCUT2D eigenvalue weighted by Crippen LogP contribution is 2.26. The molecule has 2 aliphatic rings. The van der Waals surface area contributed by atoms with Gasteiger partial charge < -0.3 is 15.5 Å². The minimum Gasteiger partial charge on any atom is -0.355 e. The van der Waals surface area contributed by atoms with Crippen LogP contribution in [0.2, 0.25) is 0 Å². The number of aromatic nitrogens is 1. The number of rotatable bonds is 6. The molecule has 2 fully saturated rings. The third kappa shape index (κ3) is 5.34. The Morgan fingerprint density at radius 1 is 1.22 bits per heavy atom. The predicted molar refractivity (Wildman–Crippen MR) is 111 cm³/mol. The Bertz CT molecular complexity index is 606. The van der Waals surface area contributed by atoms with E-state index in [-0.39, 0.29) is 6.03 Å². The van der Waals surface area contributed by atoms with Gasteiger partial charge >= 0.3 is 6.03 Å². The molecule has 1 aromatic heterocycles. The van der Waals surface area contributed by atoms with Gasteiger partial charge in [-0.05, 0) is 62.7 Å². The van der Waals surface area contributed by atoms with Gasteiger partial charge in [0.15, 0.2) is 5.82 Å². The summed E-state index contributed by atoms with van der Waals surface area (Å²) in [5, 5.41) is 6.12. The number of carbonyl (C=O) groups is 1. The fourth-order valence-corrected chi connectivity index (χ4v) is 4.19. The number of hydrogen-bond donors (Lipinski definition) is 2. The van der Waals surface area contributed by atoms with Crippen molar-refractivity contribution in [1.82, 2.24) is 15.2 Å². The van der Waals surface area contributed by atoms with Crippen molar-refractivity contribution in [3.05, 3.63) is 18.3 Å². The lowest BCUT2D eigenvalue weighted by Gasteiger charge is -2.38. The molecule has 27 heavy (non-hydrogen) atoms. The van der Waals surface area contributed by atoms with Crippen LogP contribution in [0.1, 0.15) is 46.5 Å². The molecule has 2 amide bonds. The quantitative estimate of drug-likeness (QED) is 0.800. The van der Waals surface area contributed by atoms with Crippen LogP contribution < -0.4 is 15.5 Å². The highest BCUT2D eigenvalue weighted by molar-refractivity contribution is 5.92. The van der Waals surface area contributed by atoms with Gasteiger partial charge in [-0.25, -0.2) is 9.78 Å². The van der Waals surface area contributed by atoms with Gasteiger partial charge in [0.25, 0.3) is 0 Å². The number of nitrogens with zero attached hydrogens (tertiary/aromatic N) is 3. The highest BCUT2D eigenvalue weighted by atomic mass is 16.2. The maximum atomic E-state index is 12.6. The van der Waals surface area contributed by atoms with Crippen molar-refractivity contribution in [2.45, 2.75) is 52.5 Å². The number of likely N-dealkylation sites (tertiary alicyclic amines) is 1. The van der Waals surface area contributed by atoms with Crippen molar-refractivity contribution < 1.29 is 4.79 Å². The van der Waals surface area contributed by atoms with Crippen molar-refractivity contribution in [3.8, 4) is 0 Å². The molecule has 1 unspecified atom stereocenters. The molecule has 150 valence electrons. The monoisotopic (exact) mass is 373 g/mol. The summed E-state index contributed by atoms with van der Waals surface area (Å²) in [4.78, 5) is 21.8. The van der Waals surface area contributed by atoms with E-state index in [1.807, 2.05) is 12.1 Å². The van der Waals surface area contributed by atoms with Gasteiger partial charge in [0.2, 0.25) is 0 Å². The van der Waals surface area contributed by atoms with Crippen LogP contribution >= 0.6 is 0 Å². The van der Waals surface area contributed by atoms with E-state index in [1.54, 1.807) is 6.20 Å². The topological polar surface area (TPSA) is 60.5 Å². The Kier molecular flexibility index (Phi) is 6.94. The maximum Gasteiger partial charge on any atom is 0.319 e. The molecule has 3 rings (SSSR count). The van der Waals surface area contributed by atoms with Crippen molar-refractivity contribution in [1.29, 1.82) is 0 Å². The molecule has 6 nitrogen and oxygen atoms in total. The molecule has 0 bridgehead atoms. The summed E-state index contributed by atoms with van der Waals surface area (Å²) in [6, 6.07) is 4.06. The van der Waals surface area contributed by atoms with E-state index < -0.39 is 0 Å². The summed E-state index contributed by atoms with van der Waals surface area (Å²) in [6.07, 6.45) is 6.68. The number of carbonyl (C=O) groups excluding carboxylic acids is 1. The second-order valence-corrected chi connectivity index (χ2v) is 8.43. The van der Waals surface area contributed by atoms with E-state index in [4.69, 9.17) is 0 Å². The van der Waals surface area contributed by atoms with Crippen LogP contribution in [0.3, 0.4) is 0 Å². The van der Waals surface area contributed by atoms with Crippen LogP contribution in [-0.4, -0.2) is 54.7 Å². The lowest BCUT2D eigenvalue weighted by atomic mass is 9.94. The van der Waals surface area contributed by atoms with E-state index >= 15 is 0 Å². The molecule has 0 radical (unpaired) electrons. The summed E-state index contributed by atoms with van der Waals surface area (Å²) in [6.45, 7) is 11.8. The Labute approximate surface area is 163 Å². The Morgan fingerprint density at radius 3 is 2.59 bits per heavy atom. The second-order valence-electron chi connectivity index (χ2n) is 8.43. The summed E-state index contributed by atoms with van der Waals surface area (Å²) >= 11 is 0. The van der Waals surface area contributed by atoms with Gasteiger partial charge in [0.1, 0.15) is 0 Å². The lowest BCUT2D eigenvalue weighted by molar-refractivity contribution is 0.108. The fraction of sp³-hybridized carbons (Fsp3) is 0.714. The standard InChI is InChI=1S/C21H35N5O/c1-16(2)19(25-13-8-17(3)9-14-25)15-23-21(27)24-18-7-6-10-22-20(18)26-11-4-5-12-26/h6-7,10,16-17,19H,4-5,8-9,11-15H2,1-3H3,(H2,23,24,27). The fourth-order valence-electron chi connectivity index (χ4n) is 4.19. The Balaban J connectivity index is 1.55. The zero-order valence-corrected chi connectivity index (χ0v) is 17.1. The average Bonchev–Trinajstić information content (AvgIpc) is 3.18. The molecule has 2 aliphatic heterocycles. The number of anilines is 2. The van der Waals surface area contributed by atoms with E-state index in [9.17, 15) is 4.79 Å². The Hall–Kier alpha value is -1.82. The first-order valence-electron chi connectivity index (χ1n) is 10.5. The van der Waals surface area contributed by atoms with E-state index in [0.717, 1.165) is 43.6 Å². The molecule has 2 saturated heterocycles. The van der Waals surface area contributed by atoms with E-state index in [0.29, 0.717) is 18.5 Å². The van der Waals surface area contributed by atoms with Gasteiger partial charge in [0.05, 0.1) is 5.69 Å². The molecule has 1 atom stereocenters. The Morgan fingerprint density at radius 2 is 1.93 bits per heavy atom. The molecular formula is C21H35N5O. The van der Waals surface area contributed by atoms with Crippen LogP contribution in [-0.2, 0) is 0 Å². The first kappa shape index (κ1) is 19.9. The van der Waals surface area contributed by atoms with Gasteiger partial charge in [0, 0.05) is 31.9 Å². The van der Waals surface area contributed by atoms with Crippen LogP contribution in [0.4, 0.5) is 16.3 Å². The summed E-state index contributed by atoms with van der Waals surface area (Å²) in [5.74, 6) is 2.22. The van der Waals surface area contributed by atoms with Crippen LogP contribution in [0.15, 0.2) is 18.3 Å². The SMILES string of the molecule is CC1CCN(C(CNC(=O)Nc2cccnc2N2CCCC2)C(C)C)CC1. The number of pyridine rings is 1. The van der Waals surface area contributed by atoms with Crippen molar-refractivity contribution in [2.24, 2.45) is 11.8 Å². The molecule has 0 spiro atoms. The smallest absolute Gasteiger partial charge is 0.319 e. The molecule has 0 aliphatic carbocycles. The highest BCUT2D eigenvalue weighted by Gasteiger charge is 2.26. The number of nitrogens with one attached hydrogen (secondary N) is 2. The molecular weight excluding hydrogens is 338 g/mol. The second kappa shape index (κ2) is 9.40. The summed E-state index contributed by atoms with van der Waals surface area (Å²) in [5.41, 5.74) is 0.796. The molecule has 0 aromatic carbocycles. The number of piperidine rings is 1. The van der Waals surface area contributed by atoms with Crippen LogP contribution in [0, 0.1) is 11.8 Å². The zero-order chi connectivity index (χ0) is 19.2. The van der Waals surface area contributed by atoms with Gasteiger partial charge in [-0.2, -0.15) is 0 Å². The van der Waals surface area contributed by atoms with Gasteiger partial charge in [-0.1, -0.05) is 20.8 Å². The van der Waals surface area contributed by atoms with Gasteiger partial charge in [-0.15, -0.1) is 0 Å². The van der Waals surface area contributed by atoms with Crippen molar-refractivity contribution in [2.75, 3.05) is 42.9 Å². The first-order valence-corrected chi connectivity index (χ1v) is 10.5. The molecule has 0 saturated carbocycles. The number of amides is 2. The largest absolute Gasteiger partial charge is 0.355 e. The number of urea groups is 1. The minimum absolute atomic E-state index is 0.139. The maximum absolute atomic E-state index is 12.6. The van der Waals surface area contributed by atoms with E-state index in [2.05, 4.69) is 46.2 Å². The third-order valence-corrected chi connectivity index (χ3v) is 5.97. The van der Waals surface area contributed by atoms with Crippen LogP contribution in [0.25, 0.3) is 0 Å². The van der Waals surface area contributed by atoms with Crippen molar-refractivity contribution in [3.63, 3.8) is 0 Å². The number of hydrogen-bond acceptors (Lipinski definition) is 4. The predicted octanol–water partition coefficient (Wildman–Crippen LogP) is 3.56.